The third-order valence-electron chi connectivity index (χ3n) is 3.35. The van der Waals surface area contributed by atoms with E-state index >= 15 is 0 Å². The number of esters is 1. The zero-order valence-corrected chi connectivity index (χ0v) is 13.3. The SMILES string of the molecule is CCCCCCCCCCS(=O)(=O)C(C)C(=O)OC. The third-order valence-corrected chi connectivity index (χ3v) is 5.48. The molecule has 0 fully saturated rings. The number of hydrogen-bond acceptors (Lipinski definition) is 4. The minimum atomic E-state index is -3.35. The average Bonchev–Trinajstić information content (AvgIpc) is 2.39. The summed E-state index contributed by atoms with van der Waals surface area (Å²) in [6.45, 7) is 3.58. The molecule has 0 rings (SSSR count). The first-order valence-electron chi connectivity index (χ1n) is 7.25. The van der Waals surface area contributed by atoms with Crippen molar-refractivity contribution in [1.29, 1.82) is 0 Å². The first-order valence-corrected chi connectivity index (χ1v) is 8.96. The Bertz CT molecular complexity index is 335. The van der Waals surface area contributed by atoms with Gasteiger partial charge in [0.1, 0.15) is 0 Å². The molecule has 0 aliphatic carbocycles. The lowest BCUT2D eigenvalue weighted by Gasteiger charge is -2.10. The summed E-state index contributed by atoms with van der Waals surface area (Å²) in [5.74, 6) is -0.585. The molecule has 5 heteroatoms. The van der Waals surface area contributed by atoms with E-state index in [-0.39, 0.29) is 5.75 Å². The third kappa shape index (κ3) is 8.24. The Morgan fingerprint density at radius 1 is 1.00 bits per heavy atom. The molecule has 0 saturated carbocycles. The van der Waals surface area contributed by atoms with Gasteiger partial charge in [0, 0.05) is 0 Å². The first-order chi connectivity index (χ1) is 8.95. The van der Waals surface area contributed by atoms with Crippen molar-refractivity contribution in [3.05, 3.63) is 0 Å². The van der Waals surface area contributed by atoms with Crippen LogP contribution in [0.5, 0.6) is 0 Å². The Morgan fingerprint density at radius 3 is 1.95 bits per heavy atom. The molecule has 0 N–H and O–H groups in total. The van der Waals surface area contributed by atoms with Gasteiger partial charge in [0.2, 0.25) is 0 Å². The van der Waals surface area contributed by atoms with E-state index in [1.165, 1.54) is 46.1 Å². The van der Waals surface area contributed by atoms with Gasteiger partial charge >= 0.3 is 5.97 Å². The highest BCUT2D eigenvalue weighted by molar-refractivity contribution is 7.92. The standard InChI is InChI=1S/C14H28O4S/c1-4-5-6-7-8-9-10-11-12-19(16,17)13(2)14(15)18-3/h13H,4-12H2,1-3H3. The number of sulfone groups is 1. The molecule has 114 valence electrons. The normalized spacial score (nSPS) is 13.2. The average molecular weight is 292 g/mol. The van der Waals surface area contributed by atoms with Crippen LogP contribution in [0.15, 0.2) is 0 Å². The number of carbonyl (C=O) groups is 1. The summed E-state index contributed by atoms with van der Waals surface area (Å²) in [5.41, 5.74) is 0. The number of methoxy groups -OCH3 is 1. The second kappa shape index (κ2) is 10.2. The van der Waals surface area contributed by atoms with Crippen LogP contribution in [0, 0.1) is 0 Å². The van der Waals surface area contributed by atoms with Gasteiger partial charge < -0.3 is 4.74 Å². The lowest BCUT2D eigenvalue weighted by Crippen LogP contribution is -2.30. The predicted molar refractivity (Wildman–Crippen MR) is 77.9 cm³/mol. The maximum atomic E-state index is 11.8. The molecule has 0 aromatic heterocycles. The summed E-state index contributed by atoms with van der Waals surface area (Å²) in [7, 11) is -2.13. The highest BCUT2D eigenvalue weighted by Crippen LogP contribution is 2.11. The first kappa shape index (κ1) is 18.4. The second-order valence-electron chi connectivity index (χ2n) is 5.01. The molecule has 0 saturated heterocycles. The van der Waals surface area contributed by atoms with Crippen molar-refractivity contribution >= 4 is 15.8 Å². The van der Waals surface area contributed by atoms with E-state index in [0.717, 1.165) is 12.8 Å². The topological polar surface area (TPSA) is 60.4 Å². The number of rotatable bonds is 11. The van der Waals surface area contributed by atoms with E-state index in [2.05, 4.69) is 11.7 Å². The van der Waals surface area contributed by atoms with Crippen LogP contribution in [0.2, 0.25) is 0 Å². The zero-order valence-electron chi connectivity index (χ0n) is 12.5. The summed E-state index contributed by atoms with van der Waals surface area (Å²) in [4.78, 5) is 11.2. The van der Waals surface area contributed by atoms with Crippen LogP contribution in [-0.4, -0.2) is 32.5 Å². The van der Waals surface area contributed by atoms with Gasteiger partial charge in [0.05, 0.1) is 12.9 Å². The van der Waals surface area contributed by atoms with Gasteiger partial charge in [-0.15, -0.1) is 0 Å². The molecule has 0 radical (unpaired) electrons. The summed E-state index contributed by atoms with van der Waals surface area (Å²) in [5, 5.41) is -1.04. The maximum absolute atomic E-state index is 11.8. The molecule has 19 heavy (non-hydrogen) atoms. The van der Waals surface area contributed by atoms with Crippen LogP contribution in [0.1, 0.15) is 65.2 Å². The van der Waals surface area contributed by atoms with Crippen LogP contribution >= 0.6 is 0 Å². The van der Waals surface area contributed by atoms with Crippen molar-refractivity contribution in [2.75, 3.05) is 12.9 Å². The Kier molecular flexibility index (Phi) is 9.92. The maximum Gasteiger partial charge on any atom is 0.323 e. The van der Waals surface area contributed by atoms with Crippen LogP contribution in [0.4, 0.5) is 0 Å². The van der Waals surface area contributed by atoms with Crippen LogP contribution in [0.3, 0.4) is 0 Å². The highest BCUT2D eigenvalue weighted by Gasteiger charge is 2.27. The number of hydrogen-bond donors (Lipinski definition) is 0. The monoisotopic (exact) mass is 292 g/mol. The lowest BCUT2D eigenvalue weighted by molar-refractivity contribution is -0.139. The van der Waals surface area contributed by atoms with E-state index < -0.39 is 21.1 Å². The Hall–Kier alpha value is -0.580. The van der Waals surface area contributed by atoms with Crippen molar-refractivity contribution in [1.82, 2.24) is 0 Å². The molecule has 0 aliphatic rings. The van der Waals surface area contributed by atoms with E-state index in [1.807, 2.05) is 0 Å². The van der Waals surface area contributed by atoms with Crippen LogP contribution in [-0.2, 0) is 19.4 Å². The van der Waals surface area contributed by atoms with Crippen LogP contribution < -0.4 is 0 Å². The van der Waals surface area contributed by atoms with E-state index in [4.69, 9.17) is 0 Å². The van der Waals surface area contributed by atoms with Crippen molar-refractivity contribution in [3.63, 3.8) is 0 Å². The smallest absolute Gasteiger partial charge is 0.323 e. The molecule has 0 heterocycles. The second-order valence-corrected chi connectivity index (χ2v) is 7.45. The molecule has 4 nitrogen and oxygen atoms in total. The molecule has 0 amide bonds. The van der Waals surface area contributed by atoms with E-state index in [0.29, 0.717) is 6.42 Å². The molecule has 1 atom stereocenters. The largest absolute Gasteiger partial charge is 0.468 e. The fourth-order valence-corrected chi connectivity index (χ4v) is 3.28. The molecule has 0 aromatic carbocycles. The quantitative estimate of drug-likeness (QED) is 0.433. The van der Waals surface area contributed by atoms with Crippen LogP contribution in [0.25, 0.3) is 0 Å². The van der Waals surface area contributed by atoms with Gasteiger partial charge in [-0.05, 0) is 13.3 Å². The summed E-state index contributed by atoms with van der Waals surface area (Å²) < 4.78 is 28.1. The number of unbranched alkanes of at least 4 members (excludes halogenated alkanes) is 7. The molecular weight excluding hydrogens is 264 g/mol. The fraction of sp³-hybridized carbons (Fsp3) is 0.929. The summed E-state index contributed by atoms with van der Waals surface area (Å²) >= 11 is 0. The molecular formula is C14H28O4S. The Balaban J connectivity index is 3.73. The van der Waals surface area contributed by atoms with Crippen molar-refractivity contribution in [2.24, 2.45) is 0 Å². The summed E-state index contributed by atoms with van der Waals surface area (Å²) in [6.07, 6.45) is 8.83. The highest BCUT2D eigenvalue weighted by atomic mass is 32.2. The molecule has 1 unspecified atom stereocenters. The van der Waals surface area contributed by atoms with Crippen molar-refractivity contribution in [2.45, 2.75) is 70.5 Å². The summed E-state index contributed by atoms with van der Waals surface area (Å²) in [6, 6.07) is 0. The number of carbonyl (C=O) groups excluding carboxylic acids is 1. The molecule has 0 spiro atoms. The van der Waals surface area contributed by atoms with Crippen molar-refractivity contribution in [3.8, 4) is 0 Å². The van der Waals surface area contributed by atoms with Gasteiger partial charge in [-0.3, -0.25) is 4.79 Å². The van der Waals surface area contributed by atoms with Gasteiger partial charge in [-0.2, -0.15) is 0 Å². The lowest BCUT2D eigenvalue weighted by atomic mass is 10.1. The van der Waals surface area contributed by atoms with Gasteiger partial charge in [-0.1, -0.05) is 51.9 Å². The number of ether oxygens (including phenoxy) is 1. The molecule has 0 bridgehead atoms. The van der Waals surface area contributed by atoms with Gasteiger partial charge in [0.25, 0.3) is 0 Å². The minimum Gasteiger partial charge on any atom is -0.468 e. The Labute approximate surface area is 117 Å². The Morgan fingerprint density at radius 2 is 1.47 bits per heavy atom. The molecule has 0 aromatic rings. The van der Waals surface area contributed by atoms with Gasteiger partial charge in [-0.25, -0.2) is 8.42 Å². The van der Waals surface area contributed by atoms with Gasteiger partial charge in [0.15, 0.2) is 15.1 Å². The van der Waals surface area contributed by atoms with E-state index in [1.54, 1.807) is 0 Å². The molecule has 0 aliphatic heterocycles. The predicted octanol–water partition coefficient (Wildman–Crippen LogP) is 3.10. The fourth-order valence-electron chi connectivity index (χ4n) is 1.93. The van der Waals surface area contributed by atoms with E-state index in [9.17, 15) is 13.2 Å². The zero-order chi connectivity index (χ0) is 14.7. The minimum absolute atomic E-state index is 0.0816. The van der Waals surface area contributed by atoms with Crippen molar-refractivity contribution < 1.29 is 17.9 Å².